The van der Waals surface area contributed by atoms with Crippen LogP contribution in [0.1, 0.15) is 20.3 Å². The number of hydrogen-bond acceptors (Lipinski definition) is 5. The minimum Gasteiger partial charge on any atom is -0.396 e. The second kappa shape index (κ2) is 5.66. The highest BCUT2D eigenvalue weighted by molar-refractivity contribution is 6.76. The average molecular weight is 304 g/mol. The lowest BCUT2D eigenvalue weighted by Gasteiger charge is -2.28. The molecule has 0 aromatic rings. The zero-order valence-corrected chi connectivity index (χ0v) is 14.1. The summed E-state index contributed by atoms with van der Waals surface area (Å²) >= 11 is 0. The first-order valence-corrected chi connectivity index (χ1v) is 11.1. The quantitative estimate of drug-likeness (QED) is 0.755. The molecule has 2 heterocycles. The third kappa shape index (κ3) is 3.81. The van der Waals surface area contributed by atoms with Crippen molar-refractivity contribution in [1.29, 1.82) is 0 Å². The van der Waals surface area contributed by atoms with Crippen molar-refractivity contribution in [3.8, 4) is 0 Å². The van der Waals surface area contributed by atoms with Crippen LogP contribution in [0.15, 0.2) is 0 Å². The van der Waals surface area contributed by atoms with Gasteiger partial charge in [0.15, 0.2) is 12.1 Å². The summed E-state index contributed by atoms with van der Waals surface area (Å²) in [5, 5.41) is 19.9. The predicted octanol–water partition coefficient (Wildman–Crippen LogP) is 1.56. The maximum absolute atomic E-state index is 10.3. The van der Waals surface area contributed by atoms with Crippen molar-refractivity contribution < 1.29 is 24.4 Å². The zero-order valence-electron chi connectivity index (χ0n) is 13.1. The van der Waals surface area contributed by atoms with Crippen molar-refractivity contribution in [3.05, 3.63) is 0 Å². The van der Waals surface area contributed by atoms with E-state index in [1.165, 1.54) is 0 Å². The van der Waals surface area contributed by atoms with Crippen LogP contribution in [0.5, 0.6) is 0 Å². The van der Waals surface area contributed by atoms with E-state index in [1.807, 2.05) is 13.8 Å². The van der Waals surface area contributed by atoms with Gasteiger partial charge in [0.1, 0.15) is 12.2 Å². The molecule has 2 N–H and O–H groups in total. The molecule has 20 heavy (non-hydrogen) atoms. The van der Waals surface area contributed by atoms with Gasteiger partial charge in [-0.25, -0.2) is 0 Å². The van der Waals surface area contributed by atoms with Crippen LogP contribution >= 0.6 is 0 Å². The highest BCUT2D eigenvalue weighted by atomic mass is 28.3. The van der Waals surface area contributed by atoms with Crippen molar-refractivity contribution >= 4 is 8.07 Å². The smallest absolute Gasteiger partial charge is 0.190 e. The van der Waals surface area contributed by atoms with E-state index in [2.05, 4.69) is 19.6 Å². The third-order valence-electron chi connectivity index (χ3n) is 3.84. The summed E-state index contributed by atoms with van der Waals surface area (Å²) in [5.74, 6) is -0.524. The molecule has 2 saturated heterocycles. The first-order valence-electron chi connectivity index (χ1n) is 7.41. The van der Waals surface area contributed by atoms with Gasteiger partial charge in [0, 0.05) is 14.7 Å². The molecular formula is C14H28O5Si. The number of fused-ring (bicyclic) bond motifs is 1. The lowest BCUT2D eigenvalue weighted by atomic mass is 9.99. The molecule has 0 aromatic carbocycles. The van der Waals surface area contributed by atoms with Gasteiger partial charge >= 0.3 is 0 Å². The fraction of sp³-hybridized carbons (Fsp3) is 1.00. The van der Waals surface area contributed by atoms with Crippen LogP contribution in [0.3, 0.4) is 0 Å². The van der Waals surface area contributed by atoms with Crippen molar-refractivity contribution in [2.45, 2.75) is 76.3 Å². The maximum atomic E-state index is 10.3. The van der Waals surface area contributed by atoms with Crippen LogP contribution in [-0.2, 0) is 14.2 Å². The Morgan fingerprint density at radius 3 is 2.35 bits per heavy atom. The topological polar surface area (TPSA) is 68.2 Å². The van der Waals surface area contributed by atoms with Crippen molar-refractivity contribution in [2.24, 2.45) is 5.92 Å². The summed E-state index contributed by atoms with van der Waals surface area (Å²) in [7, 11) is -1.25. The number of rotatable bonds is 5. The predicted molar refractivity (Wildman–Crippen MR) is 78.1 cm³/mol. The van der Waals surface area contributed by atoms with E-state index in [-0.39, 0.29) is 18.6 Å². The summed E-state index contributed by atoms with van der Waals surface area (Å²) in [6, 6.07) is 1.03. The molecule has 118 valence electrons. The van der Waals surface area contributed by atoms with E-state index in [0.717, 1.165) is 6.04 Å². The van der Waals surface area contributed by atoms with Gasteiger partial charge in [-0.1, -0.05) is 25.7 Å². The van der Waals surface area contributed by atoms with Crippen LogP contribution in [0, 0.1) is 5.92 Å². The Hall–Kier alpha value is 0.0169. The average Bonchev–Trinajstić information content (AvgIpc) is 2.71. The lowest BCUT2D eigenvalue weighted by Crippen LogP contribution is -2.36. The van der Waals surface area contributed by atoms with Gasteiger partial charge < -0.3 is 24.4 Å². The highest BCUT2D eigenvalue weighted by Crippen LogP contribution is 2.39. The van der Waals surface area contributed by atoms with E-state index in [4.69, 9.17) is 14.2 Å². The van der Waals surface area contributed by atoms with Crippen LogP contribution in [0.2, 0.25) is 25.7 Å². The van der Waals surface area contributed by atoms with Gasteiger partial charge in [-0.3, -0.25) is 0 Å². The Labute approximate surface area is 122 Å². The molecular weight excluding hydrogens is 276 g/mol. The van der Waals surface area contributed by atoms with Crippen LogP contribution in [0.4, 0.5) is 0 Å². The Kier molecular flexibility index (Phi) is 4.64. The first-order chi connectivity index (χ1) is 9.11. The summed E-state index contributed by atoms with van der Waals surface area (Å²) in [5.41, 5.74) is 0. The summed E-state index contributed by atoms with van der Waals surface area (Å²) in [4.78, 5) is 0. The van der Waals surface area contributed by atoms with Crippen LogP contribution in [-0.4, -0.2) is 55.3 Å². The fourth-order valence-electron chi connectivity index (χ4n) is 3.17. The third-order valence-corrected chi connectivity index (χ3v) is 5.64. The van der Waals surface area contributed by atoms with Gasteiger partial charge in [-0.05, 0) is 26.2 Å². The molecule has 0 bridgehead atoms. The first kappa shape index (κ1) is 16.4. The largest absolute Gasteiger partial charge is 0.396 e. The van der Waals surface area contributed by atoms with E-state index >= 15 is 0 Å². The monoisotopic (exact) mass is 304 g/mol. The van der Waals surface area contributed by atoms with Crippen LogP contribution < -0.4 is 0 Å². The number of ether oxygens (including phenoxy) is 3. The standard InChI is InChI=1S/C14H28O5Si/c1-14(2)18-12-11(16)10(17-13(12)19-14)6-9(7-15)8-20(3,4)5/h9-13,15-16H,6-8H2,1-5H3/t9?,10-,11+,12?,13?/m1/s1. The van der Waals surface area contributed by atoms with E-state index in [9.17, 15) is 10.2 Å². The minimum absolute atomic E-state index is 0.138. The Morgan fingerprint density at radius 1 is 1.20 bits per heavy atom. The van der Waals surface area contributed by atoms with Gasteiger partial charge in [0.2, 0.25) is 0 Å². The molecule has 0 radical (unpaired) electrons. The summed E-state index contributed by atoms with van der Waals surface area (Å²) in [6.07, 6.45) is -1.24. The molecule has 0 aromatic heterocycles. The molecule has 0 aliphatic carbocycles. The molecule has 2 aliphatic rings. The van der Waals surface area contributed by atoms with E-state index in [1.54, 1.807) is 0 Å². The van der Waals surface area contributed by atoms with Gasteiger partial charge in [-0.2, -0.15) is 0 Å². The molecule has 6 heteroatoms. The van der Waals surface area contributed by atoms with Crippen LogP contribution in [0.25, 0.3) is 0 Å². The maximum Gasteiger partial charge on any atom is 0.190 e. The lowest BCUT2D eigenvalue weighted by molar-refractivity contribution is -0.216. The molecule has 0 spiro atoms. The summed E-state index contributed by atoms with van der Waals surface area (Å²) < 4.78 is 17.1. The van der Waals surface area contributed by atoms with Crippen molar-refractivity contribution in [2.75, 3.05) is 6.61 Å². The molecule has 0 amide bonds. The Balaban J connectivity index is 1.92. The summed E-state index contributed by atoms with van der Waals surface area (Å²) in [6.45, 7) is 10.6. The second-order valence-electron chi connectivity index (χ2n) is 7.68. The van der Waals surface area contributed by atoms with E-state index < -0.39 is 32.4 Å². The molecule has 2 fully saturated rings. The normalized spacial score (nSPS) is 38.0. The molecule has 5 nitrogen and oxygen atoms in total. The Morgan fingerprint density at radius 2 is 1.85 bits per heavy atom. The second-order valence-corrected chi connectivity index (χ2v) is 13.2. The highest BCUT2D eigenvalue weighted by Gasteiger charge is 2.54. The molecule has 2 aliphatic heterocycles. The van der Waals surface area contributed by atoms with Crippen molar-refractivity contribution in [1.82, 2.24) is 0 Å². The van der Waals surface area contributed by atoms with Gasteiger partial charge in [0.25, 0.3) is 0 Å². The minimum atomic E-state index is -1.25. The van der Waals surface area contributed by atoms with Crippen molar-refractivity contribution in [3.63, 3.8) is 0 Å². The molecule has 3 unspecified atom stereocenters. The number of aliphatic hydroxyl groups excluding tert-OH is 2. The number of hydrogen-bond donors (Lipinski definition) is 2. The fourth-order valence-corrected chi connectivity index (χ4v) is 5.20. The zero-order chi connectivity index (χ0) is 15.1. The SMILES string of the molecule is CC1(C)OC2O[C@H](CC(CO)C[Si](C)(C)C)[C@H](O)C2O1. The van der Waals surface area contributed by atoms with E-state index in [0.29, 0.717) is 6.42 Å². The van der Waals surface area contributed by atoms with Gasteiger partial charge in [0.05, 0.1) is 6.10 Å². The Bertz CT molecular complexity index is 341. The molecule has 5 atom stereocenters. The number of aliphatic hydroxyl groups is 2. The molecule has 2 rings (SSSR count). The van der Waals surface area contributed by atoms with Gasteiger partial charge in [-0.15, -0.1) is 0 Å². The molecule has 0 saturated carbocycles.